The van der Waals surface area contributed by atoms with Crippen molar-refractivity contribution in [1.82, 2.24) is 10.2 Å². The molecule has 1 aromatic carbocycles. The van der Waals surface area contributed by atoms with Crippen molar-refractivity contribution >= 4 is 36.1 Å². The van der Waals surface area contributed by atoms with Crippen LogP contribution in [-0.4, -0.2) is 67.1 Å². The van der Waals surface area contributed by atoms with Gasteiger partial charge in [0.05, 0.1) is 31.0 Å². The quantitative estimate of drug-likeness (QED) is 0.287. The molecule has 10 nitrogen and oxygen atoms in total. The monoisotopic (exact) mass is 447 g/mol. The van der Waals surface area contributed by atoms with Crippen LogP contribution in [-0.2, 0) is 14.3 Å². The van der Waals surface area contributed by atoms with Crippen LogP contribution in [0.1, 0.15) is 50.0 Å². The van der Waals surface area contributed by atoms with Crippen LogP contribution in [0.25, 0.3) is 0 Å². The van der Waals surface area contributed by atoms with Gasteiger partial charge in [-0.2, -0.15) is 5.10 Å². The average Bonchev–Trinajstić information content (AvgIpc) is 2.70. The van der Waals surface area contributed by atoms with E-state index in [1.807, 2.05) is 13.0 Å². The first-order valence-electron chi connectivity index (χ1n) is 10.2. The predicted octanol–water partition coefficient (Wildman–Crippen LogP) is 2.96. The number of anilines is 1. The third-order valence-corrected chi connectivity index (χ3v) is 4.24. The van der Waals surface area contributed by atoms with Gasteiger partial charge in [-0.25, -0.2) is 4.79 Å². The maximum Gasteiger partial charge on any atom is 0.407 e. The fourth-order valence-electron chi connectivity index (χ4n) is 2.78. The lowest BCUT2D eigenvalue weighted by molar-refractivity contribution is -0.141. The molecule has 0 aliphatic heterocycles. The van der Waals surface area contributed by atoms with Crippen LogP contribution in [0.4, 0.5) is 10.5 Å². The summed E-state index contributed by atoms with van der Waals surface area (Å²) in [6.07, 6.45) is 1.66. The van der Waals surface area contributed by atoms with Gasteiger partial charge in [0.15, 0.2) is 0 Å². The summed E-state index contributed by atoms with van der Waals surface area (Å²) < 4.78 is 9.97. The Kier molecular flexibility index (Phi) is 10.3. The SMILES string of the molecule is COC(=O)CC(C)N(CCNC(=O)OC(C)(C)C)C(=O)c1cc(C)ccc1N/N=C\C=N. The molecule has 176 valence electrons. The number of hydrogen-bond acceptors (Lipinski definition) is 8. The van der Waals surface area contributed by atoms with Gasteiger partial charge in [-0.15, -0.1) is 0 Å². The number of amides is 2. The second-order valence-corrected chi connectivity index (χ2v) is 8.16. The molecule has 0 fully saturated rings. The van der Waals surface area contributed by atoms with Gasteiger partial charge in [0.25, 0.3) is 5.91 Å². The smallest absolute Gasteiger partial charge is 0.407 e. The highest BCUT2D eigenvalue weighted by Crippen LogP contribution is 2.21. The Morgan fingerprint density at radius 2 is 1.97 bits per heavy atom. The number of alkyl carbamates (subject to hydrolysis) is 1. The largest absolute Gasteiger partial charge is 0.469 e. The second kappa shape index (κ2) is 12.4. The molecule has 0 heterocycles. The molecule has 10 heteroatoms. The van der Waals surface area contributed by atoms with Gasteiger partial charge in [-0.3, -0.25) is 15.0 Å². The molecule has 1 atom stereocenters. The van der Waals surface area contributed by atoms with Gasteiger partial charge in [0.1, 0.15) is 5.60 Å². The summed E-state index contributed by atoms with van der Waals surface area (Å²) in [5.41, 5.74) is 3.78. The van der Waals surface area contributed by atoms with Crippen LogP contribution in [0.15, 0.2) is 23.3 Å². The Labute approximate surface area is 188 Å². The van der Waals surface area contributed by atoms with Crippen molar-refractivity contribution < 1.29 is 23.9 Å². The number of esters is 1. The van der Waals surface area contributed by atoms with Crippen LogP contribution in [0.3, 0.4) is 0 Å². The van der Waals surface area contributed by atoms with Crippen LogP contribution >= 0.6 is 0 Å². The molecule has 2 amide bonds. The van der Waals surface area contributed by atoms with Gasteiger partial charge < -0.3 is 25.1 Å². The summed E-state index contributed by atoms with van der Waals surface area (Å²) >= 11 is 0. The summed E-state index contributed by atoms with van der Waals surface area (Å²) in [4.78, 5) is 38.7. The Morgan fingerprint density at radius 1 is 1.28 bits per heavy atom. The highest BCUT2D eigenvalue weighted by molar-refractivity contribution is 6.14. The van der Waals surface area contributed by atoms with E-state index in [0.29, 0.717) is 11.3 Å². The van der Waals surface area contributed by atoms with E-state index < -0.39 is 23.7 Å². The van der Waals surface area contributed by atoms with E-state index in [9.17, 15) is 14.4 Å². The maximum atomic E-state index is 13.5. The standard InChI is InChI=1S/C22H33N5O5/c1-15-7-8-18(26-25-10-9-23)17(13-15)20(29)27(16(2)14-19(28)31-6)12-11-24-21(30)32-22(3,4)5/h7-10,13,16,23,26H,11-12,14H2,1-6H3,(H,24,30)/b23-9?,25-10-. The molecule has 1 rings (SSSR count). The molecule has 1 aromatic rings. The van der Waals surface area contributed by atoms with E-state index in [0.717, 1.165) is 11.8 Å². The van der Waals surface area contributed by atoms with Crippen molar-refractivity contribution in [2.75, 3.05) is 25.6 Å². The molecule has 0 aromatic heterocycles. The van der Waals surface area contributed by atoms with E-state index in [-0.39, 0.29) is 25.4 Å². The Balaban J connectivity index is 3.10. The van der Waals surface area contributed by atoms with Gasteiger partial charge >= 0.3 is 12.1 Å². The number of benzene rings is 1. The van der Waals surface area contributed by atoms with E-state index in [2.05, 4.69) is 15.8 Å². The third kappa shape index (κ3) is 9.15. The molecular weight excluding hydrogens is 414 g/mol. The van der Waals surface area contributed by atoms with E-state index in [4.69, 9.17) is 14.9 Å². The van der Waals surface area contributed by atoms with Crippen molar-refractivity contribution in [2.24, 2.45) is 5.10 Å². The minimum absolute atomic E-state index is 0.00475. The number of aryl methyl sites for hydroxylation is 1. The predicted molar refractivity (Wildman–Crippen MR) is 123 cm³/mol. The number of carbonyl (C=O) groups is 3. The maximum absolute atomic E-state index is 13.5. The number of nitrogens with zero attached hydrogens (tertiary/aromatic N) is 2. The van der Waals surface area contributed by atoms with Crippen molar-refractivity contribution in [1.29, 1.82) is 5.41 Å². The van der Waals surface area contributed by atoms with Gasteiger partial charge in [-0.05, 0) is 46.8 Å². The first-order chi connectivity index (χ1) is 15.0. The number of methoxy groups -OCH3 is 1. The molecule has 0 aliphatic rings. The molecule has 0 radical (unpaired) electrons. The molecule has 1 unspecified atom stereocenters. The van der Waals surface area contributed by atoms with Gasteiger partial charge in [-0.1, -0.05) is 11.6 Å². The number of ether oxygens (including phenoxy) is 2. The summed E-state index contributed by atoms with van der Waals surface area (Å²) in [6, 6.07) is 4.76. The van der Waals surface area contributed by atoms with Gasteiger partial charge in [0, 0.05) is 25.3 Å². The molecule has 32 heavy (non-hydrogen) atoms. The summed E-state index contributed by atoms with van der Waals surface area (Å²) in [5.74, 6) is -0.794. The number of hydrazone groups is 1. The summed E-state index contributed by atoms with van der Waals surface area (Å²) in [5, 5.41) is 13.5. The Bertz CT molecular complexity index is 848. The van der Waals surface area contributed by atoms with Crippen LogP contribution in [0.5, 0.6) is 0 Å². The summed E-state index contributed by atoms with van der Waals surface area (Å²) in [7, 11) is 1.29. The molecule has 0 spiro atoms. The van der Waals surface area contributed by atoms with Crippen LogP contribution < -0.4 is 10.7 Å². The third-order valence-electron chi connectivity index (χ3n) is 4.24. The lowest BCUT2D eigenvalue weighted by Crippen LogP contribution is -2.45. The zero-order valence-corrected chi connectivity index (χ0v) is 19.5. The van der Waals surface area contributed by atoms with Gasteiger partial charge in [0.2, 0.25) is 0 Å². The highest BCUT2D eigenvalue weighted by Gasteiger charge is 2.26. The number of rotatable bonds is 10. The normalized spacial score (nSPS) is 12.1. The van der Waals surface area contributed by atoms with E-state index >= 15 is 0 Å². The number of nitrogens with one attached hydrogen (secondary N) is 3. The molecule has 0 saturated heterocycles. The zero-order valence-electron chi connectivity index (χ0n) is 19.5. The first-order valence-corrected chi connectivity index (χ1v) is 10.2. The Hall–Kier alpha value is -3.43. The highest BCUT2D eigenvalue weighted by atomic mass is 16.6. The molecule has 0 aliphatic carbocycles. The fraction of sp³-hybridized carbons (Fsp3) is 0.500. The van der Waals surface area contributed by atoms with Crippen molar-refractivity contribution in [2.45, 2.75) is 52.7 Å². The summed E-state index contributed by atoms with van der Waals surface area (Å²) in [6.45, 7) is 9.14. The van der Waals surface area contributed by atoms with E-state index in [1.165, 1.54) is 18.2 Å². The molecule has 0 bridgehead atoms. The topological polar surface area (TPSA) is 133 Å². The number of carbonyl (C=O) groups excluding carboxylic acids is 3. The molecule has 3 N–H and O–H groups in total. The lowest BCUT2D eigenvalue weighted by atomic mass is 10.1. The minimum atomic E-state index is -0.642. The molecule has 0 saturated carbocycles. The fourth-order valence-corrected chi connectivity index (χ4v) is 2.78. The van der Waals surface area contributed by atoms with Crippen molar-refractivity contribution in [3.8, 4) is 0 Å². The lowest BCUT2D eigenvalue weighted by Gasteiger charge is -2.30. The van der Waals surface area contributed by atoms with Crippen molar-refractivity contribution in [3.05, 3.63) is 29.3 Å². The number of hydrogen-bond donors (Lipinski definition) is 3. The molecular formula is C22H33N5O5. The average molecular weight is 448 g/mol. The second-order valence-electron chi connectivity index (χ2n) is 8.16. The van der Waals surface area contributed by atoms with Crippen molar-refractivity contribution in [3.63, 3.8) is 0 Å². The van der Waals surface area contributed by atoms with E-state index in [1.54, 1.807) is 39.8 Å². The Morgan fingerprint density at radius 3 is 2.56 bits per heavy atom. The first kappa shape index (κ1) is 26.6. The van der Waals surface area contributed by atoms with Crippen LogP contribution in [0.2, 0.25) is 0 Å². The zero-order chi connectivity index (χ0) is 24.3. The van der Waals surface area contributed by atoms with Crippen LogP contribution in [0, 0.1) is 12.3 Å². The minimum Gasteiger partial charge on any atom is -0.469 e.